The summed E-state index contributed by atoms with van der Waals surface area (Å²) in [6.45, 7) is 6.09. The highest BCUT2D eigenvalue weighted by Crippen LogP contribution is 2.15. The van der Waals surface area contributed by atoms with E-state index in [0.29, 0.717) is 19.0 Å². The number of nitrogens with zero attached hydrogens (tertiary/aromatic N) is 4. The summed E-state index contributed by atoms with van der Waals surface area (Å²) < 4.78 is 2.03. The van der Waals surface area contributed by atoms with E-state index in [-0.39, 0.29) is 24.0 Å². The van der Waals surface area contributed by atoms with Crippen molar-refractivity contribution in [3.8, 4) is 0 Å². The maximum Gasteiger partial charge on any atom is 0.188 e. The molecule has 3 rings (SSSR count). The number of halogens is 1. The Labute approximate surface area is 183 Å². The van der Waals surface area contributed by atoms with E-state index in [1.165, 1.54) is 5.56 Å². The molecule has 0 aliphatic heterocycles. The Kier molecular flexibility index (Phi) is 8.43. The molecule has 0 unspecified atom stereocenters. The van der Waals surface area contributed by atoms with Gasteiger partial charge in [0.15, 0.2) is 5.96 Å². The van der Waals surface area contributed by atoms with Gasteiger partial charge < -0.3 is 11.1 Å². The SMILES string of the molecule is Cc1nn(Cc2ccccc2)c(C)c1CN=C(N)NCCc1ccccn1.I. The lowest BCUT2D eigenvalue weighted by Crippen LogP contribution is -2.33. The van der Waals surface area contributed by atoms with Crippen molar-refractivity contribution in [3.63, 3.8) is 0 Å². The molecule has 6 nitrogen and oxygen atoms in total. The molecule has 0 radical (unpaired) electrons. The summed E-state index contributed by atoms with van der Waals surface area (Å²) in [4.78, 5) is 8.77. The molecule has 0 saturated heterocycles. The van der Waals surface area contributed by atoms with Gasteiger partial charge in [-0.25, -0.2) is 4.99 Å². The molecule has 0 fully saturated rings. The predicted octanol–water partition coefficient (Wildman–Crippen LogP) is 3.21. The maximum atomic E-state index is 6.01. The highest BCUT2D eigenvalue weighted by Gasteiger charge is 2.11. The van der Waals surface area contributed by atoms with Gasteiger partial charge >= 0.3 is 0 Å². The smallest absolute Gasteiger partial charge is 0.188 e. The second-order valence-electron chi connectivity index (χ2n) is 6.49. The number of guanidine groups is 1. The first kappa shape index (κ1) is 21.9. The highest BCUT2D eigenvalue weighted by atomic mass is 127. The molecular formula is C21H27IN6. The first-order chi connectivity index (χ1) is 13.1. The van der Waals surface area contributed by atoms with E-state index in [1.807, 2.05) is 48.0 Å². The Balaban J connectivity index is 0.00000280. The number of aliphatic imine (C=N–C) groups is 1. The molecule has 0 spiro atoms. The van der Waals surface area contributed by atoms with Crippen molar-refractivity contribution in [2.24, 2.45) is 10.7 Å². The molecule has 1 aromatic carbocycles. The summed E-state index contributed by atoms with van der Waals surface area (Å²) in [5, 5.41) is 7.81. The quantitative estimate of drug-likeness (QED) is 0.303. The Morgan fingerprint density at radius 2 is 1.86 bits per heavy atom. The van der Waals surface area contributed by atoms with E-state index in [2.05, 4.69) is 39.4 Å². The fourth-order valence-corrected chi connectivity index (χ4v) is 2.96. The summed E-state index contributed by atoms with van der Waals surface area (Å²) in [6.07, 6.45) is 2.61. The van der Waals surface area contributed by atoms with Crippen LogP contribution in [0.25, 0.3) is 0 Å². The Morgan fingerprint density at radius 1 is 1.11 bits per heavy atom. The monoisotopic (exact) mass is 490 g/mol. The molecule has 7 heteroatoms. The van der Waals surface area contributed by atoms with E-state index in [9.17, 15) is 0 Å². The summed E-state index contributed by atoms with van der Waals surface area (Å²) in [7, 11) is 0. The average molecular weight is 490 g/mol. The Morgan fingerprint density at radius 3 is 2.57 bits per heavy atom. The van der Waals surface area contributed by atoms with Gasteiger partial charge in [0.25, 0.3) is 0 Å². The minimum atomic E-state index is 0. The minimum absolute atomic E-state index is 0. The molecule has 0 atom stereocenters. The lowest BCUT2D eigenvalue weighted by atomic mass is 10.2. The normalized spacial score (nSPS) is 11.1. The Bertz CT molecular complexity index is 890. The van der Waals surface area contributed by atoms with Crippen LogP contribution >= 0.6 is 24.0 Å². The number of benzene rings is 1. The second kappa shape index (κ2) is 10.8. The van der Waals surface area contributed by atoms with Crippen molar-refractivity contribution in [3.05, 3.63) is 82.9 Å². The molecule has 3 N–H and O–H groups in total. The molecule has 0 aliphatic rings. The zero-order chi connectivity index (χ0) is 19.1. The number of rotatable bonds is 7. The second-order valence-corrected chi connectivity index (χ2v) is 6.49. The van der Waals surface area contributed by atoms with Gasteiger partial charge in [-0.1, -0.05) is 36.4 Å². The number of nitrogens with two attached hydrogens (primary N) is 1. The number of hydrogen-bond acceptors (Lipinski definition) is 3. The maximum absolute atomic E-state index is 6.01. The molecule has 0 saturated carbocycles. The number of aromatic nitrogens is 3. The summed E-state index contributed by atoms with van der Waals surface area (Å²) in [6, 6.07) is 16.2. The topological polar surface area (TPSA) is 81.1 Å². The van der Waals surface area contributed by atoms with Crippen LogP contribution in [0.5, 0.6) is 0 Å². The Hall–Kier alpha value is -2.42. The fourth-order valence-electron chi connectivity index (χ4n) is 2.96. The molecule has 28 heavy (non-hydrogen) atoms. The summed E-state index contributed by atoms with van der Waals surface area (Å²) >= 11 is 0. The third-order valence-electron chi connectivity index (χ3n) is 4.53. The third kappa shape index (κ3) is 6.05. The van der Waals surface area contributed by atoms with Crippen LogP contribution in [0.2, 0.25) is 0 Å². The van der Waals surface area contributed by atoms with E-state index >= 15 is 0 Å². The van der Waals surface area contributed by atoms with Gasteiger partial charge in [0.1, 0.15) is 0 Å². The first-order valence-electron chi connectivity index (χ1n) is 9.14. The van der Waals surface area contributed by atoms with Crippen LogP contribution in [0.4, 0.5) is 0 Å². The van der Waals surface area contributed by atoms with Gasteiger partial charge in [0.2, 0.25) is 0 Å². The molecular weight excluding hydrogens is 463 g/mol. The van der Waals surface area contributed by atoms with Gasteiger partial charge in [-0.15, -0.1) is 24.0 Å². The predicted molar refractivity (Wildman–Crippen MR) is 124 cm³/mol. The van der Waals surface area contributed by atoms with Crippen molar-refractivity contribution >= 4 is 29.9 Å². The number of pyridine rings is 1. The molecule has 3 aromatic rings. The van der Waals surface area contributed by atoms with Crippen molar-refractivity contribution < 1.29 is 0 Å². The number of hydrogen-bond donors (Lipinski definition) is 2. The van der Waals surface area contributed by atoms with Crippen molar-refractivity contribution in [1.82, 2.24) is 20.1 Å². The van der Waals surface area contributed by atoms with Crippen LogP contribution in [-0.2, 0) is 19.5 Å². The molecule has 2 heterocycles. The van der Waals surface area contributed by atoms with Crippen molar-refractivity contribution in [2.75, 3.05) is 6.54 Å². The van der Waals surface area contributed by atoms with Crippen molar-refractivity contribution in [2.45, 2.75) is 33.4 Å². The van der Waals surface area contributed by atoms with Crippen LogP contribution in [0.15, 0.2) is 59.7 Å². The van der Waals surface area contributed by atoms with E-state index in [0.717, 1.165) is 35.6 Å². The van der Waals surface area contributed by atoms with Crippen LogP contribution in [-0.4, -0.2) is 27.3 Å². The highest BCUT2D eigenvalue weighted by molar-refractivity contribution is 14.0. The van der Waals surface area contributed by atoms with Gasteiger partial charge in [-0.3, -0.25) is 9.67 Å². The largest absolute Gasteiger partial charge is 0.370 e. The third-order valence-corrected chi connectivity index (χ3v) is 4.53. The first-order valence-corrected chi connectivity index (χ1v) is 9.14. The van der Waals surface area contributed by atoms with Crippen LogP contribution < -0.4 is 11.1 Å². The molecule has 148 valence electrons. The van der Waals surface area contributed by atoms with Gasteiger partial charge in [-0.05, 0) is 31.5 Å². The van der Waals surface area contributed by atoms with Crippen LogP contribution in [0.3, 0.4) is 0 Å². The molecule has 0 bridgehead atoms. The van der Waals surface area contributed by atoms with Gasteiger partial charge in [-0.2, -0.15) is 5.10 Å². The standard InChI is InChI=1S/C21H26N6.HI/c1-16-20(17(2)27(26-16)15-18-8-4-3-5-9-18)14-25-21(22)24-13-11-19-10-6-7-12-23-19;/h3-10,12H,11,13-15H2,1-2H3,(H3,22,24,25);1H. The van der Waals surface area contributed by atoms with Gasteiger partial charge in [0, 0.05) is 36.1 Å². The number of aryl methyl sites for hydroxylation is 1. The zero-order valence-electron chi connectivity index (χ0n) is 16.3. The van der Waals surface area contributed by atoms with E-state index in [1.54, 1.807) is 6.20 Å². The van der Waals surface area contributed by atoms with Crippen molar-refractivity contribution in [1.29, 1.82) is 0 Å². The summed E-state index contributed by atoms with van der Waals surface area (Å²) in [5.74, 6) is 0.445. The zero-order valence-corrected chi connectivity index (χ0v) is 18.6. The fraction of sp³-hybridized carbons (Fsp3) is 0.286. The van der Waals surface area contributed by atoms with Gasteiger partial charge in [0.05, 0.1) is 18.8 Å². The molecule has 0 aliphatic carbocycles. The number of nitrogens with one attached hydrogen (secondary N) is 1. The van der Waals surface area contributed by atoms with E-state index in [4.69, 9.17) is 5.73 Å². The van der Waals surface area contributed by atoms with Crippen LogP contribution in [0, 0.1) is 13.8 Å². The average Bonchev–Trinajstić information content (AvgIpc) is 2.95. The molecule has 0 amide bonds. The minimum Gasteiger partial charge on any atom is -0.370 e. The lowest BCUT2D eigenvalue weighted by molar-refractivity contribution is 0.658. The lowest BCUT2D eigenvalue weighted by Gasteiger charge is -2.06. The van der Waals surface area contributed by atoms with Crippen LogP contribution in [0.1, 0.15) is 28.2 Å². The summed E-state index contributed by atoms with van der Waals surface area (Å²) in [5.41, 5.74) is 11.5. The van der Waals surface area contributed by atoms with E-state index < -0.39 is 0 Å². The molecule has 2 aromatic heterocycles.